The van der Waals surface area contributed by atoms with Crippen molar-refractivity contribution in [2.75, 3.05) is 0 Å². The number of benzene rings is 7. The first-order valence-electron chi connectivity index (χ1n) is 13.8. The molecule has 7 aromatic carbocycles. The lowest BCUT2D eigenvalue weighted by molar-refractivity contribution is 1.17. The summed E-state index contributed by atoms with van der Waals surface area (Å²) in [5.74, 6) is 0. The average Bonchev–Trinajstić information content (AvgIpc) is 3.54. The summed E-state index contributed by atoms with van der Waals surface area (Å²) in [5.41, 5.74) is 7.26. The number of nitrogens with zero attached hydrogens (tertiary/aromatic N) is 2. The maximum absolute atomic E-state index is 2.46. The molecule has 2 aromatic heterocycles. The largest absolute Gasteiger partial charge is 0.309 e. The fourth-order valence-corrected chi connectivity index (χ4v) is 6.78. The van der Waals surface area contributed by atoms with Crippen LogP contribution in [0.3, 0.4) is 0 Å². The Morgan fingerprint density at radius 1 is 0.300 bits per heavy atom. The summed E-state index contributed by atoms with van der Waals surface area (Å²) in [6, 6.07) is 53.0. The topological polar surface area (TPSA) is 9.86 Å². The van der Waals surface area contributed by atoms with E-state index in [9.17, 15) is 0 Å². The van der Waals surface area contributed by atoms with Gasteiger partial charge in [-0.15, -0.1) is 0 Å². The lowest BCUT2D eigenvalue weighted by Crippen LogP contribution is -1.95. The van der Waals surface area contributed by atoms with Gasteiger partial charge >= 0.3 is 0 Å². The smallest absolute Gasteiger partial charge is 0.0547 e. The summed E-state index contributed by atoms with van der Waals surface area (Å²) < 4.78 is 4.83. The number of rotatable bonds is 2. The summed E-state index contributed by atoms with van der Waals surface area (Å²) >= 11 is 0. The molecule has 0 saturated heterocycles. The van der Waals surface area contributed by atoms with Gasteiger partial charge in [-0.05, 0) is 70.1 Å². The van der Waals surface area contributed by atoms with E-state index in [-0.39, 0.29) is 0 Å². The molecule has 0 saturated carbocycles. The van der Waals surface area contributed by atoms with E-state index in [1.807, 2.05) is 0 Å². The molecular formula is C38H24N2. The Morgan fingerprint density at radius 2 is 0.800 bits per heavy atom. The molecule has 0 unspecified atom stereocenters. The zero-order chi connectivity index (χ0) is 26.2. The number of hydrogen-bond donors (Lipinski definition) is 0. The molecule has 186 valence electrons. The van der Waals surface area contributed by atoms with Crippen molar-refractivity contribution in [3.8, 4) is 11.4 Å². The minimum Gasteiger partial charge on any atom is -0.309 e. The van der Waals surface area contributed by atoms with Crippen LogP contribution in [0.1, 0.15) is 0 Å². The van der Waals surface area contributed by atoms with Crippen LogP contribution in [-0.2, 0) is 0 Å². The molecule has 2 nitrogen and oxygen atoms in total. The Kier molecular flexibility index (Phi) is 4.36. The zero-order valence-corrected chi connectivity index (χ0v) is 21.8. The van der Waals surface area contributed by atoms with Crippen LogP contribution in [0.5, 0.6) is 0 Å². The van der Waals surface area contributed by atoms with Crippen molar-refractivity contribution < 1.29 is 0 Å². The summed E-state index contributed by atoms with van der Waals surface area (Å²) in [7, 11) is 0. The van der Waals surface area contributed by atoms with Gasteiger partial charge < -0.3 is 9.13 Å². The minimum absolute atomic E-state index is 1.18. The van der Waals surface area contributed by atoms with Gasteiger partial charge in [0.15, 0.2) is 0 Å². The van der Waals surface area contributed by atoms with E-state index in [0.29, 0.717) is 0 Å². The second-order valence-corrected chi connectivity index (χ2v) is 10.6. The molecule has 0 aliphatic rings. The van der Waals surface area contributed by atoms with E-state index < -0.39 is 0 Å². The van der Waals surface area contributed by atoms with Crippen LogP contribution >= 0.6 is 0 Å². The highest BCUT2D eigenvalue weighted by Crippen LogP contribution is 2.41. The number of fused-ring (bicyclic) bond motifs is 10. The number of hydrogen-bond acceptors (Lipinski definition) is 0. The fourth-order valence-electron chi connectivity index (χ4n) is 6.78. The minimum atomic E-state index is 1.18. The lowest BCUT2D eigenvalue weighted by Gasteiger charge is -2.11. The molecule has 40 heavy (non-hydrogen) atoms. The molecule has 0 fully saturated rings. The molecule has 0 amide bonds. The van der Waals surface area contributed by atoms with Gasteiger partial charge in [-0.1, -0.05) is 97.1 Å². The number of para-hydroxylation sites is 2. The van der Waals surface area contributed by atoms with Gasteiger partial charge in [0.25, 0.3) is 0 Å². The van der Waals surface area contributed by atoms with Gasteiger partial charge in [0, 0.05) is 32.9 Å². The standard InChI is InChI=1S/C38H24N2/c1-2-12-27(13-3-1)39-33-17-9-8-16-31(33)32-24-28(20-23-34(32)39)40-35-21-18-25-10-4-6-14-29(25)37(35)38-30-15-7-5-11-26(30)19-22-36(38)40/h1-24H. The van der Waals surface area contributed by atoms with Gasteiger partial charge in [-0.25, -0.2) is 0 Å². The molecule has 2 heterocycles. The van der Waals surface area contributed by atoms with Crippen LogP contribution in [0.25, 0.3) is 76.5 Å². The average molecular weight is 509 g/mol. The molecule has 2 heteroatoms. The molecule has 0 N–H and O–H groups in total. The van der Waals surface area contributed by atoms with Crippen molar-refractivity contribution in [1.29, 1.82) is 0 Å². The normalized spacial score (nSPS) is 12.0. The van der Waals surface area contributed by atoms with E-state index in [0.717, 1.165) is 0 Å². The van der Waals surface area contributed by atoms with Crippen molar-refractivity contribution in [3.05, 3.63) is 146 Å². The number of aromatic nitrogens is 2. The molecule has 0 atom stereocenters. The zero-order valence-electron chi connectivity index (χ0n) is 21.8. The first kappa shape index (κ1) is 21.6. The van der Waals surface area contributed by atoms with E-state index >= 15 is 0 Å². The Morgan fingerprint density at radius 3 is 1.48 bits per heavy atom. The van der Waals surface area contributed by atoms with E-state index in [1.165, 1.54) is 76.5 Å². The van der Waals surface area contributed by atoms with Crippen LogP contribution in [-0.4, -0.2) is 9.13 Å². The van der Waals surface area contributed by atoms with Crippen molar-refractivity contribution in [3.63, 3.8) is 0 Å². The predicted octanol–water partition coefficient (Wildman–Crippen LogP) is 10.2. The highest BCUT2D eigenvalue weighted by Gasteiger charge is 2.19. The third kappa shape index (κ3) is 2.88. The molecule has 0 spiro atoms. The third-order valence-electron chi connectivity index (χ3n) is 8.47. The third-order valence-corrected chi connectivity index (χ3v) is 8.47. The van der Waals surface area contributed by atoms with E-state index in [1.54, 1.807) is 0 Å². The maximum atomic E-state index is 2.46. The molecule has 0 aliphatic heterocycles. The Balaban J connectivity index is 1.44. The highest BCUT2D eigenvalue weighted by atomic mass is 15.0. The molecular weight excluding hydrogens is 484 g/mol. The van der Waals surface area contributed by atoms with Gasteiger partial charge in [0.2, 0.25) is 0 Å². The maximum Gasteiger partial charge on any atom is 0.0547 e. The van der Waals surface area contributed by atoms with Crippen molar-refractivity contribution >= 4 is 65.2 Å². The summed E-state index contributed by atoms with van der Waals surface area (Å²) in [5, 5.41) is 10.3. The SMILES string of the molecule is c1ccc(-n2c3ccccc3c3cc(-n4c5ccc6ccccc6c5c5c6ccccc6ccc54)ccc32)cc1. The van der Waals surface area contributed by atoms with E-state index in [2.05, 4.69) is 155 Å². The highest BCUT2D eigenvalue weighted by molar-refractivity contribution is 6.28. The Bertz CT molecular complexity index is 2330. The Hall–Kier alpha value is -5.34. The first-order valence-corrected chi connectivity index (χ1v) is 13.8. The summed E-state index contributed by atoms with van der Waals surface area (Å²) in [6.07, 6.45) is 0. The quantitative estimate of drug-likeness (QED) is 0.220. The van der Waals surface area contributed by atoms with Crippen molar-refractivity contribution in [2.24, 2.45) is 0 Å². The summed E-state index contributed by atoms with van der Waals surface area (Å²) in [6.45, 7) is 0. The van der Waals surface area contributed by atoms with Gasteiger partial charge in [0.05, 0.1) is 22.1 Å². The first-order chi connectivity index (χ1) is 19.9. The molecule has 9 aromatic rings. The van der Waals surface area contributed by atoms with Gasteiger partial charge in [-0.3, -0.25) is 0 Å². The second-order valence-electron chi connectivity index (χ2n) is 10.6. The van der Waals surface area contributed by atoms with Crippen LogP contribution in [0.4, 0.5) is 0 Å². The van der Waals surface area contributed by atoms with Crippen LogP contribution in [0.15, 0.2) is 146 Å². The van der Waals surface area contributed by atoms with Crippen LogP contribution in [0, 0.1) is 0 Å². The van der Waals surface area contributed by atoms with Crippen molar-refractivity contribution in [2.45, 2.75) is 0 Å². The Labute approximate surface area is 230 Å². The molecule has 9 rings (SSSR count). The molecule has 0 bridgehead atoms. The molecule has 0 aliphatic carbocycles. The van der Waals surface area contributed by atoms with Gasteiger partial charge in [0.1, 0.15) is 0 Å². The monoisotopic (exact) mass is 508 g/mol. The van der Waals surface area contributed by atoms with Crippen molar-refractivity contribution in [1.82, 2.24) is 9.13 Å². The second kappa shape index (κ2) is 8.08. The van der Waals surface area contributed by atoms with Gasteiger partial charge in [-0.2, -0.15) is 0 Å². The molecule has 0 radical (unpaired) electrons. The summed E-state index contributed by atoms with van der Waals surface area (Å²) in [4.78, 5) is 0. The van der Waals surface area contributed by atoms with E-state index in [4.69, 9.17) is 0 Å². The predicted molar refractivity (Wildman–Crippen MR) is 170 cm³/mol. The van der Waals surface area contributed by atoms with Crippen LogP contribution < -0.4 is 0 Å². The van der Waals surface area contributed by atoms with Crippen LogP contribution in [0.2, 0.25) is 0 Å². The fraction of sp³-hybridized carbons (Fsp3) is 0. The lowest BCUT2D eigenvalue weighted by atomic mass is 10.00.